The predicted molar refractivity (Wildman–Crippen MR) is 110 cm³/mol. The summed E-state index contributed by atoms with van der Waals surface area (Å²) in [5.74, 6) is 0.713. The lowest BCUT2D eigenvalue weighted by atomic mass is 9.82. The van der Waals surface area contributed by atoms with Gasteiger partial charge in [-0.2, -0.15) is 0 Å². The summed E-state index contributed by atoms with van der Waals surface area (Å²) in [5, 5.41) is 0. The van der Waals surface area contributed by atoms with Crippen LogP contribution >= 0.6 is 0 Å². The first-order valence-corrected chi connectivity index (χ1v) is 9.85. The molecule has 4 rings (SSSR count). The first-order valence-electron chi connectivity index (χ1n) is 9.85. The van der Waals surface area contributed by atoms with E-state index >= 15 is 0 Å². The number of pyridine rings is 1. The van der Waals surface area contributed by atoms with Crippen LogP contribution in [0.5, 0.6) is 0 Å². The first-order chi connectivity index (χ1) is 12.7. The van der Waals surface area contributed by atoms with Gasteiger partial charge in [0.05, 0.1) is 5.69 Å². The topological polar surface area (TPSA) is 12.9 Å². The fraction of sp³-hybridized carbons (Fsp3) is 0.320. The Kier molecular flexibility index (Phi) is 4.88. The molecule has 2 aromatic carbocycles. The molecule has 1 saturated carbocycles. The maximum absolute atomic E-state index is 4.76. The van der Waals surface area contributed by atoms with Crippen LogP contribution in [0.25, 0.3) is 22.4 Å². The van der Waals surface area contributed by atoms with E-state index in [1.165, 1.54) is 65.5 Å². The minimum Gasteiger partial charge on any atom is -0.256 e. The van der Waals surface area contributed by atoms with Gasteiger partial charge in [-0.15, -0.1) is 0 Å². The van der Waals surface area contributed by atoms with Crippen LogP contribution in [0.15, 0.2) is 60.8 Å². The zero-order valence-corrected chi connectivity index (χ0v) is 15.8. The fourth-order valence-corrected chi connectivity index (χ4v) is 4.29. The minimum absolute atomic E-state index is 0.713. The maximum Gasteiger partial charge on any atom is 0.0705 e. The van der Waals surface area contributed by atoms with Crippen molar-refractivity contribution in [2.45, 2.75) is 51.9 Å². The molecule has 1 heteroatoms. The van der Waals surface area contributed by atoms with Crippen LogP contribution in [0.2, 0.25) is 0 Å². The van der Waals surface area contributed by atoms with E-state index in [1.807, 2.05) is 0 Å². The molecular formula is C25H27N. The van der Waals surface area contributed by atoms with Gasteiger partial charge in [-0.1, -0.05) is 61.7 Å². The third-order valence-corrected chi connectivity index (χ3v) is 5.80. The predicted octanol–water partition coefficient (Wildman–Crippen LogP) is 7.08. The zero-order valence-electron chi connectivity index (χ0n) is 15.8. The van der Waals surface area contributed by atoms with E-state index in [4.69, 9.17) is 4.98 Å². The summed E-state index contributed by atoms with van der Waals surface area (Å²) in [6, 6.07) is 19.7. The summed E-state index contributed by atoms with van der Waals surface area (Å²) in [6.07, 6.45) is 8.85. The van der Waals surface area contributed by atoms with Gasteiger partial charge in [-0.25, -0.2) is 0 Å². The van der Waals surface area contributed by atoms with E-state index < -0.39 is 0 Å². The fourth-order valence-electron chi connectivity index (χ4n) is 4.29. The highest BCUT2D eigenvalue weighted by Gasteiger charge is 2.18. The molecule has 0 spiro atoms. The van der Waals surface area contributed by atoms with Crippen molar-refractivity contribution in [1.29, 1.82) is 0 Å². The van der Waals surface area contributed by atoms with Gasteiger partial charge >= 0.3 is 0 Å². The van der Waals surface area contributed by atoms with Gasteiger partial charge < -0.3 is 0 Å². The van der Waals surface area contributed by atoms with Crippen molar-refractivity contribution in [2.75, 3.05) is 0 Å². The number of hydrogen-bond donors (Lipinski definition) is 0. The van der Waals surface area contributed by atoms with Gasteiger partial charge in [0.1, 0.15) is 0 Å². The zero-order chi connectivity index (χ0) is 17.9. The Hall–Kier alpha value is -2.41. The lowest BCUT2D eigenvalue weighted by Gasteiger charge is -2.24. The molecule has 3 aromatic rings. The molecule has 0 unspecified atom stereocenters. The Morgan fingerprint density at radius 2 is 1.54 bits per heavy atom. The van der Waals surface area contributed by atoms with Crippen LogP contribution in [-0.2, 0) is 0 Å². The average Bonchev–Trinajstić information content (AvgIpc) is 2.69. The second-order valence-electron chi connectivity index (χ2n) is 7.66. The SMILES string of the molecule is Cc1ccccc1-c1cccc(-c2cc(C3CCCCC3)c(C)cn2)c1. The number of aryl methyl sites for hydroxylation is 2. The third kappa shape index (κ3) is 3.44. The normalized spacial score (nSPS) is 15.2. The Balaban J connectivity index is 1.72. The van der Waals surface area contributed by atoms with E-state index in [-0.39, 0.29) is 0 Å². The van der Waals surface area contributed by atoms with Crippen molar-refractivity contribution in [2.24, 2.45) is 0 Å². The molecule has 1 aromatic heterocycles. The third-order valence-electron chi connectivity index (χ3n) is 5.80. The summed E-state index contributed by atoms with van der Waals surface area (Å²) in [7, 11) is 0. The highest BCUT2D eigenvalue weighted by molar-refractivity contribution is 5.73. The van der Waals surface area contributed by atoms with Crippen molar-refractivity contribution >= 4 is 0 Å². The lowest BCUT2D eigenvalue weighted by Crippen LogP contribution is -2.07. The van der Waals surface area contributed by atoms with Gasteiger partial charge in [-0.3, -0.25) is 4.98 Å². The second kappa shape index (κ2) is 7.45. The molecule has 0 N–H and O–H groups in total. The Morgan fingerprint density at radius 3 is 2.35 bits per heavy atom. The van der Waals surface area contributed by atoms with E-state index in [9.17, 15) is 0 Å². The monoisotopic (exact) mass is 341 g/mol. The maximum atomic E-state index is 4.76. The van der Waals surface area contributed by atoms with Crippen LogP contribution in [0.1, 0.15) is 54.7 Å². The van der Waals surface area contributed by atoms with E-state index in [1.54, 1.807) is 0 Å². The molecule has 0 bridgehead atoms. The van der Waals surface area contributed by atoms with Crippen LogP contribution in [0, 0.1) is 13.8 Å². The average molecular weight is 341 g/mol. The van der Waals surface area contributed by atoms with Crippen LogP contribution in [0.4, 0.5) is 0 Å². The molecule has 1 heterocycles. The number of rotatable bonds is 3. The quantitative estimate of drug-likeness (QED) is 0.496. The van der Waals surface area contributed by atoms with Gasteiger partial charge in [-0.05, 0) is 72.6 Å². The van der Waals surface area contributed by atoms with Crippen molar-refractivity contribution in [3.05, 3.63) is 77.5 Å². The van der Waals surface area contributed by atoms with Crippen LogP contribution in [-0.4, -0.2) is 4.98 Å². The van der Waals surface area contributed by atoms with E-state index in [0.717, 1.165) is 5.69 Å². The minimum atomic E-state index is 0.713. The Bertz CT molecular complexity index is 904. The molecule has 132 valence electrons. The number of hydrogen-bond acceptors (Lipinski definition) is 1. The largest absolute Gasteiger partial charge is 0.256 e. The van der Waals surface area contributed by atoms with Crippen LogP contribution < -0.4 is 0 Å². The molecule has 0 radical (unpaired) electrons. The van der Waals surface area contributed by atoms with E-state index in [2.05, 4.69) is 74.6 Å². The lowest BCUT2D eigenvalue weighted by molar-refractivity contribution is 0.442. The van der Waals surface area contributed by atoms with Crippen molar-refractivity contribution in [3.8, 4) is 22.4 Å². The summed E-state index contributed by atoms with van der Waals surface area (Å²) in [4.78, 5) is 4.76. The molecule has 1 nitrogen and oxygen atoms in total. The van der Waals surface area contributed by atoms with Crippen molar-refractivity contribution in [1.82, 2.24) is 4.98 Å². The van der Waals surface area contributed by atoms with Gasteiger partial charge in [0, 0.05) is 11.8 Å². The van der Waals surface area contributed by atoms with Gasteiger partial charge in [0.25, 0.3) is 0 Å². The van der Waals surface area contributed by atoms with Crippen molar-refractivity contribution < 1.29 is 0 Å². The molecule has 0 saturated heterocycles. The van der Waals surface area contributed by atoms with Gasteiger partial charge in [0.15, 0.2) is 0 Å². The summed E-state index contributed by atoms with van der Waals surface area (Å²) >= 11 is 0. The molecular weight excluding hydrogens is 314 g/mol. The number of benzene rings is 2. The summed E-state index contributed by atoms with van der Waals surface area (Å²) in [5.41, 5.74) is 9.04. The Morgan fingerprint density at radius 1 is 0.769 bits per heavy atom. The molecule has 1 aliphatic carbocycles. The molecule has 1 aliphatic rings. The standard InChI is InChI=1S/C25H27N/c1-18-9-6-7-14-23(18)21-12-8-13-22(15-21)25-16-24(19(2)17-26-25)20-10-4-3-5-11-20/h6-9,12-17,20H,3-5,10-11H2,1-2H3. The second-order valence-corrected chi connectivity index (χ2v) is 7.66. The summed E-state index contributed by atoms with van der Waals surface area (Å²) in [6.45, 7) is 4.39. The molecule has 0 amide bonds. The molecule has 0 aliphatic heterocycles. The number of aromatic nitrogens is 1. The molecule has 0 atom stereocenters. The van der Waals surface area contributed by atoms with Crippen molar-refractivity contribution in [3.63, 3.8) is 0 Å². The first kappa shape index (κ1) is 17.0. The van der Waals surface area contributed by atoms with Crippen LogP contribution in [0.3, 0.4) is 0 Å². The molecule has 26 heavy (non-hydrogen) atoms. The molecule has 1 fully saturated rings. The Labute approximate surface area is 157 Å². The highest BCUT2D eigenvalue weighted by Crippen LogP contribution is 2.36. The van der Waals surface area contributed by atoms with Gasteiger partial charge in [0.2, 0.25) is 0 Å². The highest BCUT2D eigenvalue weighted by atomic mass is 14.7. The number of nitrogens with zero attached hydrogens (tertiary/aromatic N) is 1. The summed E-state index contributed by atoms with van der Waals surface area (Å²) < 4.78 is 0. The smallest absolute Gasteiger partial charge is 0.0705 e. The van der Waals surface area contributed by atoms with E-state index in [0.29, 0.717) is 5.92 Å².